The molecular formula is C11H9F2NO2. The van der Waals surface area contributed by atoms with Gasteiger partial charge in [0.15, 0.2) is 0 Å². The number of rotatable bonds is 4. The van der Waals surface area contributed by atoms with Gasteiger partial charge < -0.3 is 5.32 Å². The van der Waals surface area contributed by atoms with E-state index in [9.17, 15) is 18.4 Å². The molecule has 0 fully saturated rings. The number of benzene rings is 1. The predicted molar refractivity (Wildman–Crippen MR) is 55.6 cm³/mol. The third-order valence-electron chi connectivity index (χ3n) is 1.82. The van der Waals surface area contributed by atoms with E-state index in [2.05, 4.69) is 11.9 Å². The first-order valence-electron chi connectivity index (χ1n) is 4.40. The van der Waals surface area contributed by atoms with Gasteiger partial charge in [0.1, 0.15) is 0 Å². The molecule has 0 atom stereocenters. The maximum atomic E-state index is 12.0. The van der Waals surface area contributed by atoms with Crippen LogP contribution in [0.4, 0.5) is 14.5 Å². The second-order valence-electron chi connectivity index (χ2n) is 2.94. The summed E-state index contributed by atoms with van der Waals surface area (Å²) in [7, 11) is 0. The number of alkyl halides is 2. The molecule has 1 aromatic rings. The van der Waals surface area contributed by atoms with E-state index in [-0.39, 0.29) is 5.56 Å². The van der Waals surface area contributed by atoms with Gasteiger partial charge in [-0.15, -0.1) is 0 Å². The zero-order chi connectivity index (χ0) is 12.1. The Hall–Kier alpha value is -2.04. The van der Waals surface area contributed by atoms with Crippen molar-refractivity contribution in [2.24, 2.45) is 0 Å². The lowest BCUT2D eigenvalue weighted by Gasteiger charge is -2.03. The molecule has 0 aliphatic rings. The number of hydrogen-bond donors (Lipinski definition) is 1. The van der Waals surface area contributed by atoms with Crippen molar-refractivity contribution in [2.75, 3.05) is 5.32 Å². The van der Waals surface area contributed by atoms with E-state index >= 15 is 0 Å². The monoisotopic (exact) mass is 225 g/mol. The SMILES string of the molecule is C=CC(=O)Nc1ccc(C(=O)C(F)F)cc1. The van der Waals surface area contributed by atoms with Gasteiger partial charge in [0.05, 0.1) is 0 Å². The Morgan fingerprint density at radius 1 is 1.25 bits per heavy atom. The van der Waals surface area contributed by atoms with Gasteiger partial charge in [0.25, 0.3) is 0 Å². The first kappa shape index (κ1) is 12.0. The molecule has 0 saturated carbocycles. The lowest BCUT2D eigenvalue weighted by molar-refractivity contribution is -0.111. The van der Waals surface area contributed by atoms with Gasteiger partial charge in [-0.25, -0.2) is 8.78 Å². The molecule has 84 valence electrons. The number of hydrogen-bond acceptors (Lipinski definition) is 2. The van der Waals surface area contributed by atoms with Crippen LogP contribution in [0.2, 0.25) is 0 Å². The summed E-state index contributed by atoms with van der Waals surface area (Å²) < 4.78 is 24.1. The first-order valence-corrected chi connectivity index (χ1v) is 4.40. The van der Waals surface area contributed by atoms with Crippen molar-refractivity contribution in [1.82, 2.24) is 0 Å². The molecule has 0 spiro atoms. The second kappa shape index (κ2) is 5.16. The average molecular weight is 225 g/mol. The number of nitrogens with one attached hydrogen (secondary N) is 1. The van der Waals surface area contributed by atoms with Crippen molar-refractivity contribution in [1.29, 1.82) is 0 Å². The molecule has 1 amide bonds. The van der Waals surface area contributed by atoms with Crippen molar-refractivity contribution in [3.8, 4) is 0 Å². The van der Waals surface area contributed by atoms with Gasteiger partial charge in [-0.2, -0.15) is 0 Å². The summed E-state index contributed by atoms with van der Waals surface area (Å²) in [4.78, 5) is 21.8. The highest BCUT2D eigenvalue weighted by Gasteiger charge is 2.17. The van der Waals surface area contributed by atoms with Gasteiger partial charge in [-0.05, 0) is 30.3 Å². The van der Waals surface area contributed by atoms with Crippen molar-refractivity contribution in [3.63, 3.8) is 0 Å². The Morgan fingerprint density at radius 2 is 1.81 bits per heavy atom. The van der Waals surface area contributed by atoms with Gasteiger partial charge in [0.2, 0.25) is 11.7 Å². The Balaban J connectivity index is 2.79. The molecule has 16 heavy (non-hydrogen) atoms. The number of halogens is 2. The highest BCUT2D eigenvalue weighted by molar-refractivity contribution is 6.01. The summed E-state index contributed by atoms with van der Waals surface area (Å²) in [5, 5.41) is 2.43. The number of carbonyl (C=O) groups is 2. The summed E-state index contributed by atoms with van der Waals surface area (Å²) in [5.41, 5.74) is 0.322. The van der Waals surface area contributed by atoms with Gasteiger partial charge in [-0.3, -0.25) is 9.59 Å². The largest absolute Gasteiger partial charge is 0.323 e. The molecular weight excluding hydrogens is 216 g/mol. The zero-order valence-corrected chi connectivity index (χ0v) is 8.24. The smallest absolute Gasteiger partial charge is 0.300 e. The minimum absolute atomic E-state index is 0.0911. The van der Waals surface area contributed by atoms with Crippen molar-refractivity contribution < 1.29 is 18.4 Å². The fraction of sp³-hybridized carbons (Fsp3) is 0.0909. The van der Waals surface area contributed by atoms with Crippen LogP contribution >= 0.6 is 0 Å². The Bertz CT molecular complexity index is 412. The van der Waals surface area contributed by atoms with Crippen LogP contribution in [0.1, 0.15) is 10.4 Å². The lowest BCUT2D eigenvalue weighted by Crippen LogP contribution is -2.11. The number of Topliss-reactive ketones (excluding diaryl/α,β-unsaturated/α-hetero) is 1. The quantitative estimate of drug-likeness (QED) is 0.631. The number of ketones is 1. The highest BCUT2D eigenvalue weighted by Crippen LogP contribution is 2.12. The molecule has 0 saturated heterocycles. The molecule has 0 unspecified atom stereocenters. The summed E-state index contributed by atoms with van der Waals surface area (Å²) >= 11 is 0. The summed E-state index contributed by atoms with van der Waals surface area (Å²) in [6, 6.07) is 5.20. The Kier molecular flexibility index (Phi) is 3.88. The van der Waals surface area contributed by atoms with E-state index in [1.165, 1.54) is 24.3 Å². The third-order valence-corrected chi connectivity index (χ3v) is 1.82. The minimum atomic E-state index is -3.02. The number of carbonyl (C=O) groups excluding carboxylic acids is 2. The van der Waals surface area contributed by atoms with Crippen LogP contribution in [-0.2, 0) is 4.79 Å². The second-order valence-corrected chi connectivity index (χ2v) is 2.94. The highest BCUT2D eigenvalue weighted by atomic mass is 19.3. The van der Waals surface area contributed by atoms with E-state index in [1.54, 1.807) is 0 Å². The van der Waals surface area contributed by atoms with Crippen LogP contribution in [0, 0.1) is 0 Å². The van der Waals surface area contributed by atoms with E-state index in [0.29, 0.717) is 5.69 Å². The normalized spacial score (nSPS) is 9.94. The number of amides is 1. The predicted octanol–water partition coefficient (Wildman–Crippen LogP) is 2.26. The lowest BCUT2D eigenvalue weighted by atomic mass is 10.1. The van der Waals surface area contributed by atoms with Crippen LogP contribution in [-0.4, -0.2) is 18.1 Å². The maximum Gasteiger partial charge on any atom is 0.300 e. The molecule has 0 aliphatic carbocycles. The van der Waals surface area contributed by atoms with Crippen molar-refractivity contribution in [3.05, 3.63) is 42.5 Å². The molecule has 0 aromatic heterocycles. The van der Waals surface area contributed by atoms with Crippen LogP contribution in [0.25, 0.3) is 0 Å². The molecule has 3 nitrogen and oxygen atoms in total. The fourth-order valence-electron chi connectivity index (χ4n) is 1.04. The standard InChI is InChI=1S/C11H9F2NO2/c1-2-9(15)14-8-5-3-7(4-6-8)10(16)11(12)13/h2-6,11H,1H2,(H,14,15). The van der Waals surface area contributed by atoms with Crippen LogP contribution in [0.5, 0.6) is 0 Å². The van der Waals surface area contributed by atoms with Crippen LogP contribution < -0.4 is 5.32 Å². The third kappa shape index (κ3) is 2.98. The summed E-state index contributed by atoms with van der Waals surface area (Å²) in [6.45, 7) is 3.26. The summed E-state index contributed by atoms with van der Waals surface area (Å²) in [5.74, 6) is -1.64. The average Bonchev–Trinajstić information content (AvgIpc) is 2.28. The van der Waals surface area contributed by atoms with Crippen molar-refractivity contribution >= 4 is 17.4 Å². The number of anilines is 1. The summed E-state index contributed by atoms with van der Waals surface area (Å²) in [6.07, 6.45) is -1.94. The fourth-order valence-corrected chi connectivity index (χ4v) is 1.04. The van der Waals surface area contributed by atoms with Crippen LogP contribution in [0.15, 0.2) is 36.9 Å². The van der Waals surface area contributed by atoms with Crippen LogP contribution in [0.3, 0.4) is 0 Å². The Labute approximate surface area is 90.8 Å². The molecule has 0 radical (unpaired) electrons. The molecule has 0 aliphatic heterocycles. The van der Waals surface area contributed by atoms with Gasteiger partial charge in [0, 0.05) is 11.3 Å². The van der Waals surface area contributed by atoms with E-state index < -0.39 is 18.1 Å². The van der Waals surface area contributed by atoms with Crippen molar-refractivity contribution in [2.45, 2.75) is 6.43 Å². The molecule has 5 heteroatoms. The minimum Gasteiger partial charge on any atom is -0.323 e. The molecule has 1 rings (SSSR count). The maximum absolute atomic E-state index is 12.0. The van der Waals surface area contributed by atoms with E-state index in [0.717, 1.165) is 6.08 Å². The Morgan fingerprint density at radius 3 is 2.25 bits per heavy atom. The molecule has 1 aromatic carbocycles. The van der Waals surface area contributed by atoms with Gasteiger partial charge >= 0.3 is 6.43 Å². The molecule has 0 bridgehead atoms. The molecule has 1 N–H and O–H groups in total. The van der Waals surface area contributed by atoms with E-state index in [1.807, 2.05) is 0 Å². The first-order chi connectivity index (χ1) is 7.54. The topological polar surface area (TPSA) is 46.2 Å². The zero-order valence-electron chi connectivity index (χ0n) is 8.24. The van der Waals surface area contributed by atoms with Gasteiger partial charge in [-0.1, -0.05) is 6.58 Å². The van der Waals surface area contributed by atoms with E-state index in [4.69, 9.17) is 0 Å². The molecule has 0 heterocycles.